The van der Waals surface area contributed by atoms with Gasteiger partial charge in [-0.05, 0) is 13.8 Å². The number of aliphatic hydroxyl groups excluding tert-OH is 1. The van der Waals surface area contributed by atoms with Crippen LogP contribution in [-0.4, -0.2) is 21.3 Å². The van der Waals surface area contributed by atoms with Gasteiger partial charge in [-0.25, -0.2) is 0 Å². The van der Waals surface area contributed by atoms with Crippen molar-refractivity contribution in [2.24, 2.45) is 0 Å². The van der Waals surface area contributed by atoms with Crippen LogP contribution in [0.25, 0.3) is 0 Å². The Labute approximate surface area is 70.1 Å². The molecule has 0 aromatic heterocycles. The number of hydrogen-bond donors (Lipinski definition) is 1. The Morgan fingerprint density at radius 2 is 2.10 bits per heavy atom. The van der Waals surface area contributed by atoms with Crippen molar-refractivity contribution in [3.8, 4) is 0 Å². The van der Waals surface area contributed by atoms with E-state index in [-0.39, 0.29) is 12.2 Å². The molecule has 0 rings (SSSR count). The highest BCUT2D eigenvalue weighted by Gasteiger charge is 2.31. The van der Waals surface area contributed by atoms with Crippen LogP contribution in [0, 0.1) is 0 Å². The van der Waals surface area contributed by atoms with Crippen molar-refractivity contribution in [1.29, 1.82) is 0 Å². The SMILES string of the molecule is CC(=O)CC(Cl)(Cl)C(C)O. The molecule has 0 bridgehead atoms. The van der Waals surface area contributed by atoms with Crippen LogP contribution >= 0.6 is 23.2 Å². The van der Waals surface area contributed by atoms with E-state index in [1.807, 2.05) is 0 Å². The van der Waals surface area contributed by atoms with Gasteiger partial charge in [0.1, 0.15) is 5.78 Å². The molecule has 0 saturated heterocycles. The molecule has 1 N–H and O–H groups in total. The maximum absolute atomic E-state index is 10.5. The van der Waals surface area contributed by atoms with E-state index >= 15 is 0 Å². The monoisotopic (exact) mass is 184 g/mol. The fourth-order valence-corrected chi connectivity index (χ4v) is 0.856. The molecule has 0 heterocycles. The predicted molar refractivity (Wildman–Crippen MR) is 41.4 cm³/mol. The number of carbonyl (C=O) groups is 1. The van der Waals surface area contributed by atoms with Gasteiger partial charge in [0.15, 0.2) is 4.33 Å². The summed E-state index contributed by atoms with van der Waals surface area (Å²) in [5.74, 6) is -0.133. The molecule has 0 fully saturated rings. The molecular weight excluding hydrogens is 175 g/mol. The van der Waals surface area contributed by atoms with E-state index in [2.05, 4.69) is 0 Å². The lowest BCUT2D eigenvalue weighted by atomic mass is 10.1. The highest BCUT2D eigenvalue weighted by atomic mass is 35.5. The fourth-order valence-electron chi connectivity index (χ4n) is 0.480. The zero-order valence-corrected chi connectivity index (χ0v) is 7.41. The largest absolute Gasteiger partial charge is 0.390 e. The van der Waals surface area contributed by atoms with Crippen molar-refractivity contribution in [3.05, 3.63) is 0 Å². The maximum atomic E-state index is 10.5. The Kier molecular flexibility index (Phi) is 3.63. The summed E-state index contributed by atoms with van der Waals surface area (Å²) in [7, 11) is 0. The molecule has 60 valence electrons. The number of Topliss-reactive ketones (excluding diaryl/α,β-unsaturated/α-hetero) is 1. The average molecular weight is 185 g/mol. The summed E-state index contributed by atoms with van der Waals surface area (Å²) in [6.45, 7) is 2.82. The van der Waals surface area contributed by atoms with Gasteiger partial charge in [0, 0.05) is 6.42 Å². The van der Waals surface area contributed by atoms with Gasteiger partial charge in [-0.2, -0.15) is 0 Å². The van der Waals surface area contributed by atoms with Crippen LogP contribution in [0.4, 0.5) is 0 Å². The van der Waals surface area contributed by atoms with E-state index in [0.29, 0.717) is 0 Å². The topological polar surface area (TPSA) is 37.3 Å². The van der Waals surface area contributed by atoms with Gasteiger partial charge in [0.05, 0.1) is 6.10 Å². The number of rotatable bonds is 3. The van der Waals surface area contributed by atoms with Crippen molar-refractivity contribution in [2.75, 3.05) is 0 Å². The van der Waals surface area contributed by atoms with Crippen LogP contribution in [0.2, 0.25) is 0 Å². The molecule has 0 spiro atoms. The van der Waals surface area contributed by atoms with E-state index < -0.39 is 10.4 Å². The van der Waals surface area contributed by atoms with Gasteiger partial charge in [-0.1, -0.05) is 23.2 Å². The molecule has 1 atom stereocenters. The lowest BCUT2D eigenvalue weighted by Gasteiger charge is -2.20. The second-order valence-corrected chi connectivity index (χ2v) is 3.86. The zero-order chi connectivity index (χ0) is 8.36. The standard InChI is InChI=1S/C6H10Cl2O2/c1-4(9)3-6(7,8)5(2)10/h5,10H,3H2,1-2H3. The first kappa shape index (κ1) is 10.2. The van der Waals surface area contributed by atoms with Crippen molar-refractivity contribution < 1.29 is 9.90 Å². The normalized spacial score (nSPS) is 14.9. The minimum atomic E-state index is -1.33. The third-order valence-corrected chi connectivity index (χ3v) is 1.99. The van der Waals surface area contributed by atoms with Crippen LogP contribution < -0.4 is 0 Å². The molecule has 0 saturated carbocycles. The molecule has 0 aromatic carbocycles. The van der Waals surface area contributed by atoms with Gasteiger partial charge < -0.3 is 5.11 Å². The summed E-state index contributed by atoms with van der Waals surface area (Å²) < 4.78 is -1.33. The number of hydrogen-bond acceptors (Lipinski definition) is 2. The molecule has 0 aliphatic carbocycles. The zero-order valence-electron chi connectivity index (χ0n) is 5.90. The smallest absolute Gasteiger partial charge is 0.150 e. The summed E-state index contributed by atoms with van der Waals surface area (Å²) in [5.41, 5.74) is 0. The maximum Gasteiger partial charge on any atom is 0.150 e. The Bertz CT molecular complexity index is 132. The molecule has 0 radical (unpaired) electrons. The summed E-state index contributed by atoms with van der Waals surface area (Å²) >= 11 is 11.1. The number of carbonyl (C=O) groups excluding carboxylic acids is 1. The second-order valence-electron chi connectivity index (χ2n) is 2.32. The van der Waals surface area contributed by atoms with E-state index in [0.717, 1.165) is 0 Å². The van der Waals surface area contributed by atoms with Crippen molar-refractivity contribution >= 4 is 29.0 Å². The van der Waals surface area contributed by atoms with E-state index in [1.165, 1.54) is 13.8 Å². The van der Waals surface area contributed by atoms with E-state index in [4.69, 9.17) is 28.3 Å². The second kappa shape index (κ2) is 3.56. The number of halogens is 2. The van der Waals surface area contributed by atoms with E-state index in [9.17, 15) is 4.79 Å². The Morgan fingerprint density at radius 1 is 1.70 bits per heavy atom. The number of ketones is 1. The van der Waals surface area contributed by atoms with Crippen LogP contribution in [-0.2, 0) is 4.79 Å². The quantitative estimate of drug-likeness (QED) is 0.676. The highest BCUT2D eigenvalue weighted by molar-refractivity contribution is 6.49. The first-order chi connectivity index (χ1) is 4.36. The van der Waals surface area contributed by atoms with Crippen LogP contribution in [0.5, 0.6) is 0 Å². The third-order valence-electron chi connectivity index (χ3n) is 1.10. The lowest BCUT2D eigenvalue weighted by Crippen LogP contribution is -2.30. The van der Waals surface area contributed by atoms with Gasteiger partial charge in [-0.15, -0.1) is 0 Å². The van der Waals surface area contributed by atoms with Gasteiger partial charge >= 0.3 is 0 Å². The van der Waals surface area contributed by atoms with Crippen LogP contribution in [0.3, 0.4) is 0 Å². The summed E-state index contributed by atoms with van der Waals surface area (Å²) in [6, 6.07) is 0. The van der Waals surface area contributed by atoms with Crippen molar-refractivity contribution in [1.82, 2.24) is 0 Å². The fraction of sp³-hybridized carbons (Fsp3) is 0.833. The Morgan fingerprint density at radius 3 is 2.20 bits per heavy atom. The summed E-state index contributed by atoms with van der Waals surface area (Å²) in [5, 5.41) is 8.91. The summed E-state index contributed by atoms with van der Waals surface area (Å²) in [6.07, 6.45) is -0.909. The van der Waals surface area contributed by atoms with Gasteiger partial charge in [0.2, 0.25) is 0 Å². The predicted octanol–water partition coefficient (Wildman–Crippen LogP) is 1.52. The highest BCUT2D eigenvalue weighted by Crippen LogP contribution is 2.29. The first-order valence-corrected chi connectivity index (χ1v) is 3.67. The number of alkyl halides is 2. The van der Waals surface area contributed by atoms with E-state index in [1.54, 1.807) is 0 Å². The molecular formula is C6H10Cl2O2. The molecule has 2 nitrogen and oxygen atoms in total. The molecule has 0 amide bonds. The molecule has 4 heteroatoms. The van der Waals surface area contributed by atoms with Crippen LogP contribution in [0.15, 0.2) is 0 Å². The molecule has 1 unspecified atom stereocenters. The lowest BCUT2D eigenvalue weighted by molar-refractivity contribution is -0.117. The van der Waals surface area contributed by atoms with Crippen LogP contribution in [0.1, 0.15) is 20.3 Å². The Balaban J connectivity index is 3.99. The average Bonchev–Trinajstić information content (AvgIpc) is 1.60. The first-order valence-electron chi connectivity index (χ1n) is 2.91. The number of aliphatic hydroxyl groups is 1. The van der Waals surface area contributed by atoms with Gasteiger partial charge in [0.25, 0.3) is 0 Å². The summed E-state index contributed by atoms with van der Waals surface area (Å²) in [4.78, 5) is 10.5. The molecule has 0 aliphatic rings. The minimum Gasteiger partial charge on any atom is -0.390 e. The van der Waals surface area contributed by atoms with Crippen molar-refractivity contribution in [2.45, 2.75) is 30.7 Å². The molecule has 0 aromatic rings. The minimum absolute atomic E-state index is 0.0201. The molecule has 0 aliphatic heterocycles. The van der Waals surface area contributed by atoms with Gasteiger partial charge in [-0.3, -0.25) is 4.79 Å². The molecule has 10 heavy (non-hydrogen) atoms. The van der Waals surface area contributed by atoms with Crippen molar-refractivity contribution in [3.63, 3.8) is 0 Å². The third kappa shape index (κ3) is 3.40. The Hall–Kier alpha value is 0.210.